The van der Waals surface area contributed by atoms with Gasteiger partial charge in [-0.3, -0.25) is 4.79 Å². The zero-order valence-corrected chi connectivity index (χ0v) is 11.3. The number of carboxylic acids is 1. The van der Waals surface area contributed by atoms with Gasteiger partial charge in [0.2, 0.25) is 0 Å². The fourth-order valence-corrected chi connectivity index (χ4v) is 2.92. The second-order valence-electron chi connectivity index (χ2n) is 5.93. The minimum absolute atomic E-state index is 0.0600. The summed E-state index contributed by atoms with van der Waals surface area (Å²) in [4.78, 5) is 14.3. The van der Waals surface area contributed by atoms with Crippen molar-refractivity contribution in [3.05, 3.63) is 10.4 Å². The van der Waals surface area contributed by atoms with E-state index < -0.39 is 11.5 Å². The van der Waals surface area contributed by atoms with E-state index in [0.29, 0.717) is 13.0 Å². The van der Waals surface area contributed by atoms with Crippen LogP contribution in [0.3, 0.4) is 0 Å². The summed E-state index contributed by atoms with van der Waals surface area (Å²) < 4.78 is 0. The molecule has 0 aromatic carbocycles. The van der Waals surface area contributed by atoms with E-state index >= 15 is 0 Å². The van der Waals surface area contributed by atoms with E-state index in [2.05, 4.69) is 29.2 Å². The topological polar surface area (TPSA) is 98.1 Å². The first-order valence-corrected chi connectivity index (χ1v) is 6.33. The van der Waals surface area contributed by atoms with Crippen molar-refractivity contribution < 1.29 is 9.90 Å². The molecular weight excluding hydrogens is 232 g/mol. The van der Waals surface area contributed by atoms with E-state index in [-0.39, 0.29) is 17.9 Å². The lowest BCUT2D eigenvalue weighted by molar-refractivity contribution is -0.150. The maximum absolute atomic E-state index is 11.6. The maximum atomic E-state index is 11.6. The SMILES string of the molecule is CC1CC(C)(C)CCC1(NCCN=[N+]=[N-])C(=O)O. The third-order valence-electron chi connectivity index (χ3n) is 3.99. The molecule has 1 saturated carbocycles. The van der Waals surface area contributed by atoms with Gasteiger partial charge in [-0.1, -0.05) is 25.9 Å². The van der Waals surface area contributed by atoms with E-state index in [1.807, 2.05) is 6.92 Å². The Labute approximate surface area is 107 Å². The lowest BCUT2D eigenvalue weighted by atomic mass is 9.64. The third kappa shape index (κ3) is 3.15. The zero-order valence-electron chi connectivity index (χ0n) is 11.3. The number of azide groups is 1. The van der Waals surface area contributed by atoms with E-state index in [4.69, 9.17) is 5.53 Å². The van der Waals surface area contributed by atoms with Crippen LogP contribution in [0, 0.1) is 11.3 Å². The Bertz CT molecular complexity index is 363. The van der Waals surface area contributed by atoms with E-state index in [1.54, 1.807) is 0 Å². The summed E-state index contributed by atoms with van der Waals surface area (Å²) in [7, 11) is 0. The van der Waals surface area contributed by atoms with Crippen molar-refractivity contribution in [3.8, 4) is 0 Å². The molecule has 0 saturated heterocycles. The van der Waals surface area contributed by atoms with Gasteiger partial charge < -0.3 is 10.4 Å². The number of rotatable bonds is 5. The van der Waals surface area contributed by atoms with Gasteiger partial charge in [-0.05, 0) is 36.1 Å². The highest BCUT2D eigenvalue weighted by molar-refractivity contribution is 5.79. The second kappa shape index (κ2) is 5.59. The Morgan fingerprint density at radius 3 is 2.72 bits per heavy atom. The van der Waals surface area contributed by atoms with Crippen LogP contribution in [-0.2, 0) is 4.79 Å². The normalized spacial score (nSPS) is 30.5. The van der Waals surface area contributed by atoms with Crippen LogP contribution < -0.4 is 5.32 Å². The van der Waals surface area contributed by atoms with Gasteiger partial charge in [0.05, 0.1) is 0 Å². The summed E-state index contributed by atoms with van der Waals surface area (Å²) in [5, 5.41) is 16.0. The van der Waals surface area contributed by atoms with E-state index in [0.717, 1.165) is 12.8 Å². The number of nitrogens with zero attached hydrogens (tertiary/aromatic N) is 3. The molecule has 0 aliphatic heterocycles. The van der Waals surface area contributed by atoms with Crippen LogP contribution in [0.25, 0.3) is 10.4 Å². The molecule has 0 radical (unpaired) electrons. The molecule has 18 heavy (non-hydrogen) atoms. The molecule has 6 nitrogen and oxygen atoms in total. The van der Waals surface area contributed by atoms with Gasteiger partial charge in [-0.2, -0.15) is 0 Å². The van der Waals surface area contributed by atoms with Gasteiger partial charge in [0.1, 0.15) is 5.54 Å². The van der Waals surface area contributed by atoms with Crippen molar-refractivity contribution in [3.63, 3.8) is 0 Å². The molecule has 0 aromatic rings. The molecule has 102 valence electrons. The van der Waals surface area contributed by atoms with Gasteiger partial charge in [-0.25, -0.2) is 0 Å². The smallest absolute Gasteiger partial charge is 0.324 e. The van der Waals surface area contributed by atoms with Crippen LogP contribution in [-0.4, -0.2) is 29.7 Å². The lowest BCUT2D eigenvalue weighted by Gasteiger charge is -2.46. The zero-order chi connectivity index (χ0) is 13.8. The molecule has 2 unspecified atom stereocenters. The third-order valence-corrected chi connectivity index (χ3v) is 3.99. The number of hydrogen-bond donors (Lipinski definition) is 2. The maximum Gasteiger partial charge on any atom is 0.324 e. The van der Waals surface area contributed by atoms with Gasteiger partial charge in [-0.15, -0.1) is 0 Å². The van der Waals surface area contributed by atoms with Gasteiger partial charge >= 0.3 is 5.97 Å². The molecule has 1 rings (SSSR count). The fourth-order valence-electron chi connectivity index (χ4n) is 2.92. The Hall–Kier alpha value is -1.26. The molecule has 1 aliphatic carbocycles. The predicted octanol–water partition coefficient (Wildman–Crippen LogP) is 2.56. The summed E-state index contributed by atoms with van der Waals surface area (Å²) in [5.41, 5.74) is 7.54. The molecule has 6 heteroatoms. The number of nitrogens with one attached hydrogen (secondary N) is 1. The fraction of sp³-hybridized carbons (Fsp3) is 0.917. The Morgan fingerprint density at radius 2 is 2.22 bits per heavy atom. The average molecular weight is 254 g/mol. The molecule has 2 atom stereocenters. The molecule has 0 amide bonds. The lowest BCUT2D eigenvalue weighted by Crippen LogP contribution is -2.60. The van der Waals surface area contributed by atoms with Crippen molar-refractivity contribution >= 4 is 5.97 Å². The summed E-state index contributed by atoms with van der Waals surface area (Å²) in [6.07, 6.45) is 2.39. The monoisotopic (exact) mass is 254 g/mol. The van der Waals surface area contributed by atoms with Crippen LogP contribution in [0.5, 0.6) is 0 Å². The highest BCUT2D eigenvalue weighted by Gasteiger charge is 2.48. The Kier molecular flexibility index (Phi) is 4.59. The standard InChI is InChI=1S/C12H22N4O2/c1-9-8-11(2,3)4-5-12(9,10(17)18)14-6-7-15-16-13/h9,14H,4-8H2,1-3H3,(H,17,18). The van der Waals surface area contributed by atoms with Crippen molar-refractivity contribution in [2.24, 2.45) is 16.4 Å². The summed E-state index contributed by atoms with van der Waals surface area (Å²) in [5.74, 6) is -0.740. The molecule has 0 aromatic heterocycles. The molecule has 2 N–H and O–H groups in total. The van der Waals surface area contributed by atoms with Crippen molar-refractivity contribution in [1.82, 2.24) is 5.32 Å². The predicted molar refractivity (Wildman–Crippen MR) is 69.2 cm³/mol. The number of aliphatic carboxylic acids is 1. The molecule has 1 fully saturated rings. The van der Waals surface area contributed by atoms with Gasteiger partial charge in [0.25, 0.3) is 0 Å². The molecule has 0 spiro atoms. The van der Waals surface area contributed by atoms with Crippen LogP contribution in [0.4, 0.5) is 0 Å². The van der Waals surface area contributed by atoms with Crippen LogP contribution in [0.15, 0.2) is 5.11 Å². The van der Waals surface area contributed by atoms with Crippen molar-refractivity contribution in [1.29, 1.82) is 0 Å². The average Bonchev–Trinajstić information content (AvgIpc) is 2.26. The largest absolute Gasteiger partial charge is 0.480 e. The molecule has 0 bridgehead atoms. The van der Waals surface area contributed by atoms with Crippen molar-refractivity contribution in [2.45, 2.75) is 45.6 Å². The second-order valence-corrected chi connectivity index (χ2v) is 5.93. The van der Waals surface area contributed by atoms with Crippen LogP contribution in [0.2, 0.25) is 0 Å². The molecule has 1 aliphatic rings. The first-order valence-electron chi connectivity index (χ1n) is 6.33. The quantitative estimate of drug-likeness (QED) is 0.341. The minimum Gasteiger partial charge on any atom is -0.480 e. The number of carbonyl (C=O) groups is 1. The van der Waals surface area contributed by atoms with E-state index in [9.17, 15) is 9.90 Å². The summed E-state index contributed by atoms with van der Waals surface area (Å²) >= 11 is 0. The Balaban J connectivity index is 2.75. The highest BCUT2D eigenvalue weighted by atomic mass is 16.4. The van der Waals surface area contributed by atoms with Crippen LogP contribution >= 0.6 is 0 Å². The Morgan fingerprint density at radius 1 is 1.56 bits per heavy atom. The number of carboxylic acid groups (broad SMARTS) is 1. The summed E-state index contributed by atoms with van der Waals surface area (Å²) in [6.45, 7) is 7.02. The molecular formula is C12H22N4O2. The van der Waals surface area contributed by atoms with Crippen molar-refractivity contribution in [2.75, 3.05) is 13.1 Å². The van der Waals surface area contributed by atoms with Gasteiger partial charge in [0.15, 0.2) is 0 Å². The first-order chi connectivity index (χ1) is 8.34. The van der Waals surface area contributed by atoms with E-state index in [1.165, 1.54) is 0 Å². The van der Waals surface area contributed by atoms with Gasteiger partial charge in [0, 0.05) is 18.0 Å². The summed E-state index contributed by atoms with van der Waals surface area (Å²) in [6, 6.07) is 0. The first kappa shape index (κ1) is 14.8. The molecule has 0 heterocycles. The van der Waals surface area contributed by atoms with Crippen LogP contribution in [0.1, 0.15) is 40.0 Å². The minimum atomic E-state index is -0.875. The number of hydrogen-bond acceptors (Lipinski definition) is 3. The highest BCUT2D eigenvalue weighted by Crippen LogP contribution is 2.43.